The Labute approximate surface area is 226 Å². The summed E-state index contributed by atoms with van der Waals surface area (Å²) in [7, 11) is 0. The summed E-state index contributed by atoms with van der Waals surface area (Å²) in [5.74, 6) is -0.640. The molecule has 11 heteroatoms. The van der Waals surface area contributed by atoms with Crippen molar-refractivity contribution in [2.45, 2.75) is 33.0 Å². The number of carbonyl (C=O) groups excluding carboxylic acids is 1. The molecule has 1 aromatic heterocycles. The van der Waals surface area contributed by atoms with Crippen LogP contribution < -0.4 is 10.9 Å². The topological polar surface area (TPSA) is 67.2 Å². The number of aromatic nitrogens is 2. The number of urea groups is 1. The summed E-state index contributed by atoms with van der Waals surface area (Å²) >= 11 is 6.01. The summed E-state index contributed by atoms with van der Waals surface area (Å²) in [5, 5.41) is 2.45. The number of amides is 2. The summed E-state index contributed by atoms with van der Waals surface area (Å²) in [6, 6.07) is 13.3. The molecule has 204 valence electrons. The molecule has 0 bridgehead atoms. The molecule has 0 saturated heterocycles. The molecule has 4 rings (SSSR count). The van der Waals surface area contributed by atoms with Crippen molar-refractivity contribution in [3.63, 3.8) is 0 Å². The quantitative estimate of drug-likeness (QED) is 0.249. The van der Waals surface area contributed by atoms with Gasteiger partial charge < -0.3 is 10.2 Å². The smallest absolute Gasteiger partial charge is 0.314 e. The number of nitrogens with one attached hydrogen (secondary N) is 1. The van der Waals surface area contributed by atoms with E-state index in [1.807, 2.05) is 13.8 Å². The van der Waals surface area contributed by atoms with Gasteiger partial charge in [0, 0.05) is 6.54 Å². The predicted octanol–water partition coefficient (Wildman–Crippen LogP) is 7.45. The van der Waals surface area contributed by atoms with Gasteiger partial charge in [-0.3, -0.25) is 9.36 Å². The van der Waals surface area contributed by atoms with Gasteiger partial charge in [-0.15, -0.1) is 0 Å². The second-order valence-electron chi connectivity index (χ2n) is 9.42. The molecule has 0 aliphatic carbocycles. The molecule has 0 spiro atoms. The fraction of sp³-hybridized carbons (Fsp3) is 0.250. The minimum atomic E-state index is -4.68. The van der Waals surface area contributed by atoms with E-state index in [9.17, 15) is 27.2 Å². The van der Waals surface area contributed by atoms with Gasteiger partial charge in [-0.25, -0.2) is 14.2 Å². The van der Waals surface area contributed by atoms with E-state index in [2.05, 4.69) is 10.3 Å². The van der Waals surface area contributed by atoms with Crippen LogP contribution in [0.1, 0.15) is 38.2 Å². The normalized spacial score (nSPS) is 12.5. The lowest BCUT2D eigenvalue weighted by molar-refractivity contribution is -0.136. The molecular weight excluding hydrogens is 536 g/mol. The maximum Gasteiger partial charge on any atom is 0.418 e. The first kappa shape index (κ1) is 28.1. The van der Waals surface area contributed by atoms with Crippen LogP contribution in [0.5, 0.6) is 0 Å². The largest absolute Gasteiger partial charge is 0.418 e. The van der Waals surface area contributed by atoms with E-state index in [1.54, 1.807) is 31.2 Å². The van der Waals surface area contributed by atoms with Crippen LogP contribution in [0.25, 0.3) is 16.6 Å². The monoisotopic (exact) mass is 560 g/mol. The second kappa shape index (κ2) is 11.1. The molecule has 4 aromatic rings. The van der Waals surface area contributed by atoms with Crippen molar-refractivity contribution >= 4 is 34.2 Å². The summed E-state index contributed by atoms with van der Waals surface area (Å²) in [4.78, 5) is 33.1. The molecule has 6 nitrogen and oxygen atoms in total. The number of para-hydroxylation sites is 2. The van der Waals surface area contributed by atoms with Gasteiger partial charge in [0.2, 0.25) is 0 Å². The molecule has 0 radical (unpaired) electrons. The third-order valence-electron chi connectivity index (χ3n) is 6.10. The highest BCUT2D eigenvalue weighted by Gasteiger charge is 2.35. The van der Waals surface area contributed by atoms with Gasteiger partial charge in [-0.2, -0.15) is 13.2 Å². The van der Waals surface area contributed by atoms with E-state index < -0.39 is 40.9 Å². The van der Waals surface area contributed by atoms with E-state index in [1.165, 1.54) is 39.8 Å². The Hall–Kier alpha value is -3.92. The Morgan fingerprint density at radius 3 is 2.38 bits per heavy atom. The summed E-state index contributed by atoms with van der Waals surface area (Å²) in [6.45, 7) is 5.44. The molecule has 1 unspecified atom stereocenters. The minimum Gasteiger partial charge on any atom is -0.314 e. The number of anilines is 1. The maximum absolute atomic E-state index is 14.0. The van der Waals surface area contributed by atoms with Crippen LogP contribution in [-0.2, 0) is 6.18 Å². The van der Waals surface area contributed by atoms with Crippen LogP contribution in [0.15, 0.2) is 71.5 Å². The van der Waals surface area contributed by atoms with Crippen molar-refractivity contribution in [3.8, 4) is 5.69 Å². The molecule has 2 amide bonds. The first-order valence-corrected chi connectivity index (χ1v) is 12.5. The van der Waals surface area contributed by atoms with Crippen LogP contribution in [0, 0.1) is 11.7 Å². The van der Waals surface area contributed by atoms with Gasteiger partial charge >= 0.3 is 12.2 Å². The minimum absolute atomic E-state index is 0.0862. The Balaban J connectivity index is 1.86. The number of nitrogens with zero attached hydrogens (tertiary/aromatic N) is 3. The molecule has 39 heavy (non-hydrogen) atoms. The van der Waals surface area contributed by atoms with Crippen molar-refractivity contribution in [2.75, 3.05) is 11.9 Å². The Kier molecular flexibility index (Phi) is 7.96. The van der Waals surface area contributed by atoms with E-state index in [0.717, 1.165) is 12.1 Å². The molecule has 1 N–H and O–H groups in total. The van der Waals surface area contributed by atoms with Gasteiger partial charge in [-0.1, -0.05) is 49.7 Å². The van der Waals surface area contributed by atoms with Crippen molar-refractivity contribution in [2.24, 2.45) is 5.92 Å². The molecule has 0 aliphatic heterocycles. The number of halogens is 5. The number of hydrogen-bond acceptors (Lipinski definition) is 3. The van der Waals surface area contributed by atoms with Gasteiger partial charge in [-0.05, 0) is 55.3 Å². The molecule has 0 fully saturated rings. The molecule has 0 aliphatic rings. The van der Waals surface area contributed by atoms with Crippen molar-refractivity contribution < 1.29 is 22.4 Å². The third-order valence-corrected chi connectivity index (χ3v) is 6.39. The van der Waals surface area contributed by atoms with Crippen LogP contribution in [0.2, 0.25) is 5.02 Å². The summed E-state index contributed by atoms with van der Waals surface area (Å²) in [6.07, 6.45) is -4.68. The average molecular weight is 561 g/mol. The van der Waals surface area contributed by atoms with E-state index in [4.69, 9.17) is 11.6 Å². The SMILES string of the molecule is CC(C)CN(C(=O)Nc1ccccc1C(F)(F)F)C(C)c1nc2ccccc2c(=O)n1-c1ccc(F)c(Cl)c1. The highest BCUT2D eigenvalue weighted by atomic mass is 35.5. The molecule has 3 aromatic carbocycles. The van der Waals surface area contributed by atoms with Crippen LogP contribution in [0.4, 0.5) is 28.0 Å². The molecule has 0 saturated carbocycles. The maximum atomic E-state index is 14.0. The summed E-state index contributed by atoms with van der Waals surface area (Å²) < 4.78 is 55.9. The average Bonchev–Trinajstić information content (AvgIpc) is 2.88. The standard InChI is InChI=1S/C28H25ClF4N4O2/c1-16(2)15-36(27(39)35-24-11-7-5-9-20(24)28(31,32)33)17(3)25-34-23-10-6-4-8-19(23)26(38)37(25)18-12-13-22(30)21(29)14-18/h4-14,16-17H,15H2,1-3H3,(H,35,39). The first-order valence-electron chi connectivity index (χ1n) is 12.1. The number of hydrogen-bond donors (Lipinski definition) is 1. The fourth-order valence-corrected chi connectivity index (χ4v) is 4.45. The lowest BCUT2D eigenvalue weighted by Gasteiger charge is -2.32. The third kappa shape index (κ3) is 5.90. The molecule has 1 heterocycles. The zero-order valence-corrected chi connectivity index (χ0v) is 22.0. The Bertz CT molecular complexity index is 1590. The second-order valence-corrected chi connectivity index (χ2v) is 9.83. The number of alkyl halides is 3. The number of fused-ring (bicyclic) bond motifs is 1. The van der Waals surface area contributed by atoms with Crippen LogP contribution in [-0.4, -0.2) is 27.0 Å². The lowest BCUT2D eigenvalue weighted by atomic mass is 10.1. The van der Waals surface area contributed by atoms with Crippen molar-refractivity contribution in [1.29, 1.82) is 0 Å². The fourth-order valence-electron chi connectivity index (χ4n) is 4.28. The van der Waals surface area contributed by atoms with E-state index in [-0.39, 0.29) is 34.4 Å². The van der Waals surface area contributed by atoms with Gasteiger partial charge in [0.15, 0.2) is 0 Å². The first-order chi connectivity index (χ1) is 18.4. The lowest BCUT2D eigenvalue weighted by Crippen LogP contribution is -2.42. The zero-order chi connectivity index (χ0) is 28.5. The predicted molar refractivity (Wildman–Crippen MR) is 143 cm³/mol. The molecule has 1 atom stereocenters. The highest BCUT2D eigenvalue weighted by molar-refractivity contribution is 6.30. The van der Waals surface area contributed by atoms with Crippen molar-refractivity contribution in [3.05, 3.63) is 99.3 Å². The Morgan fingerprint density at radius 2 is 1.72 bits per heavy atom. The van der Waals surface area contributed by atoms with E-state index in [0.29, 0.717) is 5.52 Å². The Morgan fingerprint density at radius 1 is 1.05 bits per heavy atom. The number of benzene rings is 3. The van der Waals surface area contributed by atoms with Gasteiger partial charge in [0.25, 0.3) is 5.56 Å². The highest BCUT2D eigenvalue weighted by Crippen LogP contribution is 2.35. The summed E-state index contributed by atoms with van der Waals surface area (Å²) in [5.41, 5.74) is -1.28. The zero-order valence-electron chi connectivity index (χ0n) is 21.3. The van der Waals surface area contributed by atoms with E-state index >= 15 is 0 Å². The van der Waals surface area contributed by atoms with Gasteiger partial charge in [0.1, 0.15) is 11.6 Å². The van der Waals surface area contributed by atoms with Crippen molar-refractivity contribution in [1.82, 2.24) is 14.5 Å². The molecular formula is C28H25ClF4N4O2. The van der Waals surface area contributed by atoms with Gasteiger partial charge in [0.05, 0.1) is 38.9 Å². The number of rotatable bonds is 6. The van der Waals surface area contributed by atoms with Crippen LogP contribution in [0.3, 0.4) is 0 Å². The van der Waals surface area contributed by atoms with Crippen LogP contribution >= 0.6 is 11.6 Å². The number of carbonyl (C=O) groups is 1.